The summed E-state index contributed by atoms with van der Waals surface area (Å²) in [5.41, 5.74) is 6.37. The molecule has 3 N–H and O–H groups in total. The van der Waals surface area contributed by atoms with Crippen LogP contribution < -0.4 is 16.0 Å². The van der Waals surface area contributed by atoms with Crippen LogP contribution in [0, 0.1) is 11.7 Å². The van der Waals surface area contributed by atoms with E-state index in [1.54, 1.807) is 6.07 Å². The molecule has 148 valence electrons. The third-order valence-electron chi connectivity index (χ3n) is 5.07. The topological polar surface area (TPSA) is 87.9 Å². The summed E-state index contributed by atoms with van der Waals surface area (Å²) in [6.07, 6.45) is 2.37. The summed E-state index contributed by atoms with van der Waals surface area (Å²) < 4.78 is 19.6. The molecule has 1 saturated carbocycles. The molecule has 8 heteroatoms. The average Bonchev–Trinajstić information content (AvgIpc) is 3.47. The van der Waals surface area contributed by atoms with E-state index in [-0.39, 0.29) is 30.7 Å². The lowest BCUT2D eigenvalue weighted by Crippen LogP contribution is -2.49. The smallest absolute Gasteiger partial charge is 0.253 e. The van der Waals surface area contributed by atoms with Gasteiger partial charge in [0.1, 0.15) is 18.5 Å². The summed E-state index contributed by atoms with van der Waals surface area (Å²) in [7, 11) is 0. The average molecular weight is 378 g/mol. The first-order valence-electron chi connectivity index (χ1n) is 9.46. The highest BCUT2D eigenvalue weighted by Crippen LogP contribution is 2.30. The van der Waals surface area contributed by atoms with Crippen molar-refractivity contribution in [2.45, 2.75) is 25.8 Å². The van der Waals surface area contributed by atoms with E-state index < -0.39 is 11.9 Å². The van der Waals surface area contributed by atoms with Gasteiger partial charge in [0.15, 0.2) is 0 Å². The quantitative estimate of drug-likeness (QED) is 0.709. The van der Waals surface area contributed by atoms with Crippen molar-refractivity contribution in [3.8, 4) is 0 Å². The minimum Gasteiger partial charge on any atom is -0.370 e. The van der Waals surface area contributed by atoms with Gasteiger partial charge in [-0.2, -0.15) is 0 Å². The van der Waals surface area contributed by atoms with Gasteiger partial charge in [0, 0.05) is 25.3 Å². The highest BCUT2D eigenvalue weighted by molar-refractivity contribution is 5.97. The SMILES string of the molecule is CCN(CC1CC1)[C@H](CN)C(=O)Nc1ccc(N2CCOCC2=O)cc1F. The number of likely N-dealkylation sites (N-methyl/N-ethyl adjacent to an activating group) is 1. The van der Waals surface area contributed by atoms with Crippen molar-refractivity contribution in [1.82, 2.24) is 4.90 Å². The van der Waals surface area contributed by atoms with Crippen molar-refractivity contribution in [1.29, 1.82) is 0 Å². The molecule has 1 atom stereocenters. The number of nitrogens with zero attached hydrogens (tertiary/aromatic N) is 2. The summed E-state index contributed by atoms with van der Waals surface area (Å²) in [5, 5.41) is 2.65. The number of amides is 2. The van der Waals surface area contributed by atoms with Crippen LogP contribution in [-0.2, 0) is 14.3 Å². The van der Waals surface area contributed by atoms with E-state index in [0.29, 0.717) is 31.3 Å². The first-order chi connectivity index (χ1) is 13.0. The van der Waals surface area contributed by atoms with Gasteiger partial charge in [0.05, 0.1) is 12.3 Å². The van der Waals surface area contributed by atoms with E-state index in [4.69, 9.17) is 10.5 Å². The molecule has 2 aliphatic rings. The Morgan fingerprint density at radius 3 is 2.85 bits per heavy atom. The van der Waals surface area contributed by atoms with Crippen LogP contribution in [0.3, 0.4) is 0 Å². The molecule has 0 unspecified atom stereocenters. The van der Waals surface area contributed by atoms with Crippen LogP contribution in [0.25, 0.3) is 0 Å². The number of morpholine rings is 1. The molecule has 27 heavy (non-hydrogen) atoms. The molecule has 1 aromatic rings. The monoisotopic (exact) mass is 378 g/mol. The van der Waals surface area contributed by atoms with Crippen molar-refractivity contribution in [2.24, 2.45) is 11.7 Å². The maximum Gasteiger partial charge on any atom is 0.253 e. The van der Waals surface area contributed by atoms with Gasteiger partial charge < -0.3 is 20.7 Å². The van der Waals surface area contributed by atoms with Crippen LogP contribution in [0.15, 0.2) is 18.2 Å². The third-order valence-corrected chi connectivity index (χ3v) is 5.07. The fourth-order valence-electron chi connectivity index (χ4n) is 3.31. The molecule has 3 rings (SSSR count). The second-order valence-electron chi connectivity index (χ2n) is 7.03. The van der Waals surface area contributed by atoms with Crippen molar-refractivity contribution in [3.63, 3.8) is 0 Å². The molecule has 1 saturated heterocycles. The zero-order valence-electron chi connectivity index (χ0n) is 15.6. The molecule has 0 radical (unpaired) electrons. The molecule has 7 nitrogen and oxygen atoms in total. The number of benzene rings is 1. The number of halogens is 1. The molecular weight excluding hydrogens is 351 g/mol. The Balaban J connectivity index is 1.68. The Labute approximate surface area is 158 Å². The number of hydrogen-bond donors (Lipinski definition) is 2. The van der Waals surface area contributed by atoms with Crippen molar-refractivity contribution in [2.75, 3.05) is 49.6 Å². The number of hydrogen-bond acceptors (Lipinski definition) is 5. The van der Waals surface area contributed by atoms with Crippen LogP contribution in [0.1, 0.15) is 19.8 Å². The lowest BCUT2D eigenvalue weighted by atomic mass is 10.2. The Morgan fingerprint density at radius 2 is 2.26 bits per heavy atom. The number of carbonyl (C=O) groups is 2. The molecular formula is C19H27FN4O3. The Morgan fingerprint density at radius 1 is 1.48 bits per heavy atom. The predicted octanol–water partition coefficient (Wildman–Crippen LogP) is 1.19. The fourth-order valence-corrected chi connectivity index (χ4v) is 3.31. The van der Waals surface area contributed by atoms with E-state index in [1.807, 2.05) is 11.8 Å². The Hall–Kier alpha value is -2.03. The minimum absolute atomic E-state index is 0.00780. The second-order valence-corrected chi connectivity index (χ2v) is 7.03. The maximum atomic E-state index is 14.5. The van der Waals surface area contributed by atoms with Gasteiger partial charge in [-0.05, 0) is 43.5 Å². The van der Waals surface area contributed by atoms with Gasteiger partial charge >= 0.3 is 0 Å². The van der Waals surface area contributed by atoms with E-state index in [1.165, 1.54) is 29.9 Å². The molecule has 2 fully saturated rings. The number of nitrogens with one attached hydrogen (secondary N) is 1. The zero-order valence-corrected chi connectivity index (χ0v) is 15.6. The lowest BCUT2D eigenvalue weighted by molar-refractivity contribution is -0.125. The summed E-state index contributed by atoms with van der Waals surface area (Å²) in [5.74, 6) is -0.469. The third kappa shape index (κ3) is 4.82. The second kappa shape index (κ2) is 8.77. The van der Waals surface area contributed by atoms with Crippen LogP contribution in [-0.4, -0.2) is 62.1 Å². The normalized spacial score (nSPS) is 18.7. The number of carbonyl (C=O) groups excluding carboxylic acids is 2. The zero-order chi connectivity index (χ0) is 19.4. The number of ether oxygens (including phenoxy) is 1. The largest absolute Gasteiger partial charge is 0.370 e. The molecule has 1 heterocycles. The van der Waals surface area contributed by atoms with Crippen LogP contribution in [0.4, 0.5) is 15.8 Å². The fraction of sp³-hybridized carbons (Fsp3) is 0.579. The van der Waals surface area contributed by atoms with Gasteiger partial charge in [0.2, 0.25) is 5.91 Å². The van der Waals surface area contributed by atoms with Crippen molar-refractivity contribution >= 4 is 23.2 Å². The molecule has 0 bridgehead atoms. The highest BCUT2D eigenvalue weighted by atomic mass is 19.1. The number of anilines is 2. The van der Waals surface area contributed by atoms with Gasteiger partial charge in [-0.15, -0.1) is 0 Å². The van der Waals surface area contributed by atoms with E-state index >= 15 is 0 Å². The molecule has 0 aromatic heterocycles. The lowest BCUT2D eigenvalue weighted by Gasteiger charge is -2.29. The Bertz CT molecular complexity index is 696. The van der Waals surface area contributed by atoms with Crippen LogP contribution in [0.2, 0.25) is 0 Å². The van der Waals surface area contributed by atoms with Crippen LogP contribution >= 0.6 is 0 Å². The Kier molecular flexibility index (Phi) is 6.41. The van der Waals surface area contributed by atoms with Crippen LogP contribution in [0.5, 0.6) is 0 Å². The first-order valence-corrected chi connectivity index (χ1v) is 9.46. The summed E-state index contributed by atoms with van der Waals surface area (Å²) in [6.45, 7) is 4.51. The summed E-state index contributed by atoms with van der Waals surface area (Å²) in [6, 6.07) is 3.88. The van der Waals surface area contributed by atoms with E-state index in [2.05, 4.69) is 5.32 Å². The maximum absolute atomic E-state index is 14.5. The van der Waals surface area contributed by atoms with Gasteiger partial charge in [-0.1, -0.05) is 6.92 Å². The number of rotatable bonds is 8. The summed E-state index contributed by atoms with van der Waals surface area (Å²) >= 11 is 0. The first kappa shape index (κ1) is 19.7. The van der Waals surface area contributed by atoms with Gasteiger partial charge in [-0.25, -0.2) is 4.39 Å². The molecule has 1 aromatic carbocycles. The molecule has 0 spiro atoms. The van der Waals surface area contributed by atoms with Crippen molar-refractivity contribution < 1.29 is 18.7 Å². The van der Waals surface area contributed by atoms with Gasteiger partial charge in [0.25, 0.3) is 5.91 Å². The molecule has 2 amide bonds. The van der Waals surface area contributed by atoms with Gasteiger partial charge in [-0.3, -0.25) is 14.5 Å². The molecule has 1 aliphatic carbocycles. The highest BCUT2D eigenvalue weighted by Gasteiger charge is 2.30. The summed E-state index contributed by atoms with van der Waals surface area (Å²) in [4.78, 5) is 28.1. The van der Waals surface area contributed by atoms with E-state index in [9.17, 15) is 14.0 Å². The standard InChI is InChI=1S/C19H27FN4O3/c1-2-23(11-13-3-4-13)17(10-21)19(26)22-16-6-5-14(9-15(16)20)24-7-8-27-12-18(24)25/h5-6,9,13,17H,2-4,7-8,10-12,21H2,1H3,(H,22,26)/t17-/m1/s1. The minimum atomic E-state index is -0.582. The van der Waals surface area contributed by atoms with E-state index in [0.717, 1.165) is 6.54 Å². The molecule has 1 aliphatic heterocycles. The number of nitrogens with two attached hydrogens (primary N) is 1. The predicted molar refractivity (Wildman–Crippen MR) is 101 cm³/mol. The van der Waals surface area contributed by atoms with Crippen molar-refractivity contribution in [3.05, 3.63) is 24.0 Å².